The van der Waals surface area contributed by atoms with Gasteiger partial charge in [-0.1, -0.05) is 152 Å². The molecular weight excluding hydrogens is 729 g/mol. The molecule has 0 bridgehead atoms. The third kappa shape index (κ3) is 5.71. The molecule has 0 fully saturated rings. The van der Waals surface area contributed by atoms with E-state index in [1.807, 2.05) is 18.3 Å². The average Bonchev–Trinajstić information content (AvgIpc) is 3.71. The Kier molecular flexibility index (Phi) is 7.85. The minimum atomic E-state index is 0.652. The average molecular weight is 765 g/mol. The number of anilines is 3. The highest BCUT2D eigenvalue weighted by atomic mass is 16.3. The second-order valence-electron chi connectivity index (χ2n) is 15.6. The van der Waals surface area contributed by atoms with Gasteiger partial charge in [0.1, 0.15) is 5.58 Å². The van der Waals surface area contributed by atoms with E-state index in [0.29, 0.717) is 5.71 Å². The molecule has 0 radical (unpaired) electrons. The Balaban J connectivity index is 0.927. The Morgan fingerprint density at radius 3 is 1.32 bits per heavy atom. The van der Waals surface area contributed by atoms with E-state index in [1.165, 1.54) is 65.3 Å². The van der Waals surface area contributed by atoms with Crippen molar-refractivity contribution < 1.29 is 4.42 Å². The van der Waals surface area contributed by atoms with Gasteiger partial charge in [0.15, 0.2) is 0 Å². The van der Waals surface area contributed by atoms with Crippen LogP contribution < -0.4 is 4.90 Å². The molecule has 0 unspecified atom stereocenters. The predicted octanol–water partition coefficient (Wildman–Crippen LogP) is 16.1. The molecule has 10 aromatic carbocycles. The van der Waals surface area contributed by atoms with Gasteiger partial charge in [-0.15, -0.1) is 0 Å². The summed E-state index contributed by atoms with van der Waals surface area (Å²) in [5.74, 6) is 0. The molecule has 0 spiro atoms. The third-order valence-corrected chi connectivity index (χ3v) is 12.1. The quantitative estimate of drug-likeness (QED) is 0.158. The minimum Gasteiger partial charge on any atom is -0.438 e. The first-order valence-electron chi connectivity index (χ1n) is 20.4. The monoisotopic (exact) mass is 764 g/mol. The number of rotatable bonds is 6. The highest BCUT2D eigenvalue weighted by Crippen LogP contribution is 2.41. The number of fused-ring (bicyclic) bond motifs is 9. The maximum atomic E-state index is 6.13. The molecule has 2 heterocycles. The highest BCUT2D eigenvalue weighted by Gasteiger charge is 2.17. The predicted molar refractivity (Wildman–Crippen MR) is 253 cm³/mol. The van der Waals surface area contributed by atoms with Crippen LogP contribution in [-0.2, 0) is 0 Å². The van der Waals surface area contributed by atoms with Gasteiger partial charge in [0.05, 0.1) is 5.39 Å². The van der Waals surface area contributed by atoms with Crippen LogP contribution in [0.25, 0.3) is 98.5 Å². The molecule has 280 valence electrons. The van der Waals surface area contributed by atoms with Crippen LogP contribution in [-0.4, -0.2) is 4.98 Å². The van der Waals surface area contributed by atoms with Gasteiger partial charge < -0.3 is 9.32 Å². The first kappa shape index (κ1) is 34.1. The largest absolute Gasteiger partial charge is 0.438 e. The lowest BCUT2D eigenvalue weighted by Gasteiger charge is -2.26. The van der Waals surface area contributed by atoms with Gasteiger partial charge in [-0.25, -0.2) is 4.98 Å². The molecule has 0 saturated carbocycles. The lowest BCUT2D eigenvalue weighted by atomic mass is 9.97. The Hall–Kier alpha value is -8.01. The first-order chi connectivity index (χ1) is 29.7. The normalized spacial score (nSPS) is 11.7. The fraction of sp³-hybridized carbons (Fsp3) is 0. The fourth-order valence-corrected chi connectivity index (χ4v) is 9.12. The number of hydrogen-bond donors (Lipinski definition) is 0. The zero-order valence-electron chi connectivity index (χ0n) is 32.6. The smallest absolute Gasteiger partial charge is 0.227 e. The highest BCUT2D eigenvalue weighted by molar-refractivity contribution is 6.12. The molecule has 60 heavy (non-hydrogen) atoms. The molecule has 3 heteroatoms. The van der Waals surface area contributed by atoms with Crippen molar-refractivity contribution in [3.05, 3.63) is 219 Å². The lowest BCUT2D eigenvalue weighted by Crippen LogP contribution is -2.09. The van der Waals surface area contributed by atoms with Crippen molar-refractivity contribution in [2.45, 2.75) is 0 Å². The second-order valence-corrected chi connectivity index (χ2v) is 15.6. The Morgan fingerprint density at radius 2 is 0.767 bits per heavy atom. The van der Waals surface area contributed by atoms with E-state index < -0.39 is 0 Å². The van der Waals surface area contributed by atoms with Gasteiger partial charge in [0.2, 0.25) is 5.71 Å². The molecule has 0 aliphatic rings. The Labute approximate surface area is 347 Å². The summed E-state index contributed by atoms with van der Waals surface area (Å²) in [6, 6.07) is 76.7. The minimum absolute atomic E-state index is 0.652. The number of para-hydroxylation sites is 1. The van der Waals surface area contributed by atoms with Crippen molar-refractivity contribution in [3.63, 3.8) is 0 Å². The van der Waals surface area contributed by atoms with Crippen LogP contribution >= 0.6 is 0 Å². The topological polar surface area (TPSA) is 29.3 Å². The zero-order valence-corrected chi connectivity index (χ0v) is 32.6. The van der Waals surface area contributed by atoms with Crippen LogP contribution in [0.2, 0.25) is 0 Å². The lowest BCUT2D eigenvalue weighted by molar-refractivity contribution is 0.654. The second kappa shape index (κ2) is 13.8. The SMILES string of the molecule is c1ccc2c(c1)ccc1cc(-c3ccc(N(c4ccc(-c5ccc6c(ccc7ccccc76)c5)cc4)c4ccc(-c5ccnc6oc7ccccc7c56)cc4)cc3)ccc12. The number of pyridine rings is 1. The van der Waals surface area contributed by atoms with Gasteiger partial charge in [-0.2, -0.15) is 0 Å². The van der Waals surface area contributed by atoms with Crippen molar-refractivity contribution in [3.8, 4) is 33.4 Å². The van der Waals surface area contributed by atoms with Crippen molar-refractivity contribution in [2.24, 2.45) is 0 Å². The van der Waals surface area contributed by atoms with E-state index in [0.717, 1.165) is 44.5 Å². The van der Waals surface area contributed by atoms with Crippen molar-refractivity contribution >= 4 is 82.2 Å². The molecule has 0 amide bonds. The van der Waals surface area contributed by atoms with Crippen molar-refractivity contribution in [1.82, 2.24) is 4.98 Å². The summed E-state index contributed by atoms with van der Waals surface area (Å²) in [7, 11) is 0. The summed E-state index contributed by atoms with van der Waals surface area (Å²) < 4.78 is 6.13. The first-order valence-corrected chi connectivity index (χ1v) is 20.4. The summed E-state index contributed by atoms with van der Waals surface area (Å²) in [6.07, 6.45) is 1.83. The summed E-state index contributed by atoms with van der Waals surface area (Å²) >= 11 is 0. The van der Waals surface area contributed by atoms with Crippen molar-refractivity contribution in [1.29, 1.82) is 0 Å². The standard InChI is InChI=1S/C57H36N2O/c1-3-9-49-39(7-1)13-15-44-35-42(23-31-51(44)49)37-17-25-46(26-18-37)59(48-29-21-41(22-30-48)53-33-34-58-57-56(53)54-11-5-6-12-55(54)60-57)47-27-19-38(20-28-47)43-24-32-52-45(36-43)16-14-40-8-2-4-10-50(40)52/h1-36H. The summed E-state index contributed by atoms with van der Waals surface area (Å²) in [6.45, 7) is 0. The van der Waals surface area contributed by atoms with E-state index in [2.05, 4.69) is 210 Å². The third-order valence-electron chi connectivity index (χ3n) is 12.1. The summed E-state index contributed by atoms with van der Waals surface area (Å²) in [4.78, 5) is 6.91. The number of hydrogen-bond acceptors (Lipinski definition) is 3. The molecule has 0 N–H and O–H groups in total. The van der Waals surface area contributed by atoms with E-state index in [9.17, 15) is 0 Å². The zero-order chi connectivity index (χ0) is 39.6. The van der Waals surface area contributed by atoms with Gasteiger partial charge in [0, 0.05) is 28.6 Å². The molecular formula is C57H36N2O. The van der Waals surface area contributed by atoms with Crippen molar-refractivity contribution in [2.75, 3.05) is 4.90 Å². The number of nitrogens with zero attached hydrogens (tertiary/aromatic N) is 2. The Bertz CT molecular complexity index is 3420. The summed E-state index contributed by atoms with van der Waals surface area (Å²) in [5.41, 5.74) is 11.7. The molecule has 0 aliphatic heterocycles. The summed E-state index contributed by atoms with van der Waals surface area (Å²) in [5, 5.41) is 12.2. The number of furan rings is 1. The molecule has 12 rings (SSSR count). The van der Waals surface area contributed by atoms with Gasteiger partial charge in [0.25, 0.3) is 0 Å². The van der Waals surface area contributed by atoms with Crippen LogP contribution in [0.3, 0.4) is 0 Å². The van der Waals surface area contributed by atoms with E-state index in [4.69, 9.17) is 4.42 Å². The molecule has 0 saturated heterocycles. The molecule has 0 aliphatic carbocycles. The maximum Gasteiger partial charge on any atom is 0.227 e. The number of benzene rings is 10. The van der Waals surface area contributed by atoms with E-state index >= 15 is 0 Å². The maximum absolute atomic E-state index is 6.13. The molecule has 2 aromatic heterocycles. The van der Waals surface area contributed by atoms with Crippen LogP contribution in [0.5, 0.6) is 0 Å². The fourth-order valence-electron chi connectivity index (χ4n) is 9.12. The Morgan fingerprint density at radius 1 is 0.333 bits per heavy atom. The number of aromatic nitrogens is 1. The van der Waals surface area contributed by atoms with Gasteiger partial charge in [-0.05, 0) is 137 Å². The van der Waals surface area contributed by atoms with Crippen LogP contribution in [0.15, 0.2) is 223 Å². The molecule has 12 aromatic rings. The van der Waals surface area contributed by atoms with E-state index in [1.54, 1.807) is 0 Å². The van der Waals surface area contributed by atoms with Crippen LogP contribution in [0.4, 0.5) is 17.1 Å². The van der Waals surface area contributed by atoms with Crippen LogP contribution in [0, 0.1) is 0 Å². The van der Waals surface area contributed by atoms with Crippen LogP contribution in [0.1, 0.15) is 0 Å². The van der Waals surface area contributed by atoms with Gasteiger partial charge >= 0.3 is 0 Å². The van der Waals surface area contributed by atoms with E-state index in [-0.39, 0.29) is 0 Å². The van der Waals surface area contributed by atoms with Gasteiger partial charge in [-0.3, -0.25) is 0 Å². The molecule has 3 nitrogen and oxygen atoms in total. The molecule has 0 atom stereocenters.